The lowest BCUT2D eigenvalue weighted by Crippen LogP contribution is -2.09. The molecule has 0 spiro atoms. The van der Waals surface area contributed by atoms with Crippen molar-refractivity contribution in [3.8, 4) is 5.75 Å². The van der Waals surface area contributed by atoms with Crippen molar-refractivity contribution in [1.82, 2.24) is 0 Å². The van der Waals surface area contributed by atoms with Gasteiger partial charge in [0.1, 0.15) is 5.75 Å². The molecule has 2 nitrogen and oxygen atoms in total. The van der Waals surface area contributed by atoms with Crippen molar-refractivity contribution < 1.29 is 9.84 Å². The Labute approximate surface area is 155 Å². The van der Waals surface area contributed by atoms with Crippen molar-refractivity contribution in [2.75, 3.05) is 0 Å². The van der Waals surface area contributed by atoms with E-state index in [9.17, 15) is 5.11 Å². The van der Waals surface area contributed by atoms with Gasteiger partial charge in [-0.3, -0.25) is 0 Å². The summed E-state index contributed by atoms with van der Waals surface area (Å²) in [6, 6.07) is 28.9. The van der Waals surface area contributed by atoms with Gasteiger partial charge in [0.05, 0.1) is 0 Å². The summed E-state index contributed by atoms with van der Waals surface area (Å²) in [5.41, 5.74) is 6.09. The number of aliphatic hydroxyl groups excluding tert-OH is 1. The summed E-state index contributed by atoms with van der Waals surface area (Å²) in [5.74, 6) is 0.661. The van der Waals surface area contributed by atoms with Crippen molar-refractivity contribution in [1.29, 1.82) is 0 Å². The molecule has 26 heavy (non-hydrogen) atoms. The average molecular weight is 344 g/mol. The van der Waals surface area contributed by atoms with Crippen LogP contribution in [0.3, 0.4) is 0 Å². The maximum absolute atomic E-state index is 9.41. The molecule has 0 aliphatic carbocycles. The highest BCUT2D eigenvalue weighted by Gasteiger charge is 2.13. The minimum Gasteiger partial charge on any atom is -0.465 e. The first-order valence-corrected chi connectivity index (χ1v) is 8.98. The Morgan fingerprint density at radius 1 is 0.769 bits per heavy atom. The molecule has 3 aromatic carbocycles. The summed E-state index contributed by atoms with van der Waals surface area (Å²) >= 11 is 0. The summed E-state index contributed by atoms with van der Waals surface area (Å²) in [4.78, 5) is 0. The lowest BCUT2D eigenvalue weighted by Gasteiger charge is -2.17. The molecule has 1 atom stereocenters. The second-order valence-corrected chi connectivity index (χ2v) is 6.18. The molecule has 132 valence electrons. The summed E-state index contributed by atoms with van der Waals surface area (Å²) in [7, 11) is 0. The lowest BCUT2D eigenvalue weighted by molar-refractivity contribution is -0.000293. The molecule has 0 saturated carbocycles. The molecule has 0 bridgehead atoms. The normalized spacial score (nSPS) is 13.0. The average Bonchev–Trinajstić information content (AvgIpc) is 2.68. The molecule has 0 aromatic heterocycles. The van der Waals surface area contributed by atoms with Gasteiger partial charge in [-0.25, -0.2) is 0 Å². The van der Waals surface area contributed by atoms with E-state index in [-0.39, 0.29) is 0 Å². The van der Waals surface area contributed by atoms with Crippen molar-refractivity contribution in [3.05, 3.63) is 102 Å². The largest absolute Gasteiger partial charge is 0.465 e. The first kappa shape index (κ1) is 18.0. The molecule has 1 unspecified atom stereocenters. The standard InChI is InChI=1S/C24H24O2/c1-3-23(19-10-6-4-7-11-19)24(20-12-8-5-9-13-20)21-14-16-22(17-15-21)26-18(2)25/h4-18,25H,3H2,1-2H3. The smallest absolute Gasteiger partial charge is 0.194 e. The van der Waals surface area contributed by atoms with Crippen LogP contribution in [0, 0.1) is 0 Å². The maximum atomic E-state index is 9.41. The maximum Gasteiger partial charge on any atom is 0.194 e. The Kier molecular flexibility index (Phi) is 5.88. The van der Waals surface area contributed by atoms with Crippen LogP contribution < -0.4 is 4.74 Å². The van der Waals surface area contributed by atoms with Crippen molar-refractivity contribution >= 4 is 11.1 Å². The van der Waals surface area contributed by atoms with E-state index in [1.807, 2.05) is 24.3 Å². The molecule has 2 heteroatoms. The third kappa shape index (κ3) is 4.22. The topological polar surface area (TPSA) is 29.5 Å². The summed E-state index contributed by atoms with van der Waals surface area (Å²) in [6.07, 6.45) is 0.112. The monoisotopic (exact) mass is 344 g/mol. The minimum atomic E-state index is -0.819. The molecule has 3 rings (SSSR count). The van der Waals surface area contributed by atoms with Gasteiger partial charge in [0.25, 0.3) is 0 Å². The minimum absolute atomic E-state index is 0.661. The van der Waals surface area contributed by atoms with Gasteiger partial charge in [0, 0.05) is 0 Å². The highest BCUT2D eigenvalue weighted by Crippen LogP contribution is 2.34. The van der Waals surface area contributed by atoms with Gasteiger partial charge in [0.2, 0.25) is 0 Å². The Balaban J connectivity index is 2.14. The quantitative estimate of drug-likeness (QED) is 0.454. The molecule has 0 aliphatic rings. The summed E-state index contributed by atoms with van der Waals surface area (Å²) < 4.78 is 5.37. The van der Waals surface area contributed by atoms with Gasteiger partial charge in [-0.05, 0) is 53.3 Å². The highest BCUT2D eigenvalue weighted by atomic mass is 16.6. The Bertz CT molecular complexity index is 848. The number of hydrogen-bond donors (Lipinski definition) is 1. The predicted octanol–water partition coefficient (Wildman–Crippen LogP) is 5.77. The van der Waals surface area contributed by atoms with E-state index >= 15 is 0 Å². The van der Waals surface area contributed by atoms with Gasteiger partial charge in [-0.2, -0.15) is 0 Å². The highest BCUT2D eigenvalue weighted by molar-refractivity contribution is 5.98. The predicted molar refractivity (Wildman–Crippen MR) is 108 cm³/mol. The fourth-order valence-corrected chi connectivity index (χ4v) is 3.18. The number of hydrogen-bond acceptors (Lipinski definition) is 2. The number of ether oxygens (including phenoxy) is 1. The third-order valence-electron chi connectivity index (χ3n) is 4.29. The molecule has 0 fully saturated rings. The van der Waals surface area contributed by atoms with Gasteiger partial charge < -0.3 is 9.84 Å². The molecule has 0 saturated heterocycles. The first-order chi connectivity index (χ1) is 12.7. The molecular formula is C24H24O2. The zero-order chi connectivity index (χ0) is 18.4. The van der Waals surface area contributed by atoms with E-state index in [1.54, 1.807) is 6.92 Å². The first-order valence-electron chi connectivity index (χ1n) is 8.98. The molecule has 3 aromatic rings. The van der Waals surface area contributed by atoms with E-state index in [2.05, 4.69) is 67.6 Å². The van der Waals surface area contributed by atoms with Crippen LogP contribution in [-0.2, 0) is 0 Å². The summed E-state index contributed by atoms with van der Waals surface area (Å²) in [6.45, 7) is 3.80. The van der Waals surface area contributed by atoms with Crippen LogP contribution in [-0.4, -0.2) is 11.4 Å². The second kappa shape index (κ2) is 8.50. The zero-order valence-electron chi connectivity index (χ0n) is 15.2. The molecule has 0 amide bonds. The lowest BCUT2D eigenvalue weighted by atomic mass is 9.88. The molecule has 0 radical (unpaired) electrons. The van der Waals surface area contributed by atoms with Crippen LogP contribution in [0.25, 0.3) is 11.1 Å². The fraction of sp³-hybridized carbons (Fsp3) is 0.167. The Morgan fingerprint density at radius 3 is 1.77 bits per heavy atom. The van der Waals surface area contributed by atoms with Crippen LogP contribution >= 0.6 is 0 Å². The van der Waals surface area contributed by atoms with E-state index in [1.165, 1.54) is 22.3 Å². The fourth-order valence-electron chi connectivity index (χ4n) is 3.18. The van der Waals surface area contributed by atoms with E-state index in [0.717, 1.165) is 12.0 Å². The van der Waals surface area contributed by atoms with E-state index in [0.29, 0.717) is 5.75 Å². The van der Waals surface area contributed by atoms with Crippen LogP contribution in [0.15, 0.2) is 84.9 Å². The number of benzene rings is 3. The molecular weight excluding hydrogens is 320 g/mol. The Hall–Kier alpha value is -2.84. The van der Waals surface area contributed by atoms with Gasteiger partial charge >= 0.3 is 0 Å². The number of aliphatic hydroxyl groups is 1. The van der Waals surface area contributed by atoms with Crippen LogP contribution in [0.5, 0.6) is 5.75 Å². The van der Waals surface area contributed by atoms with Crippen molar-refractivity contribution in [2.24, 2.45) is 0 Å². The SMILES string of the molecule is CCC(=C(c1ccccc1)c1ccc(OC(C)O)cc1)c1ccccc1. The van der Waals surface area contributed by atoms with Gasteiger partial charge in [-0.1, -0.05) is 79.7 Å². The third-order valence-corrected chi connectivity index (χ3v) is 4.29. The zero-order valence-corrected chi connectivity index (χ0v) is 15.2. The van der Waals surface area contributed by atoms with Crippen LogP contribution in [0.4, 0.5) is 0 Å². The molecule has 0 heterocycles. The number of allylic oxidation sites excluding steroid dienone is 1. The second-order valence-electron chi connectivity index (χ2n) is 6.18. The van der Waals surface area contributed by atoms with Gasteiger partial charge in [0.15, 0.2) is 6.29 Å². The number of rotatable bonds is 6. The van der Waals surface area contributed by atoms with Crippen molar-refractivity contribution in [3.63, 3.8) is 0 Å². The molecule has 0 aliphatic heterocycles. The van der Waals surface area contributed by atoms with E-state index in [4.69, 9.17) is 4.74 Å². The molecule has 1 N–H and O–H groups in total. The van der Waals surface area contributed by atoms with Crippen molar-refractivity contribution in [2.45, 2.75) is 26.6 Å². The Morgan fingerprint density at radius 2 is 1.27 bits per heavy atom. The van der Waals surface area contributed by atoms with Crippen LogP contribution in [0.1, 0.15) is 37.0 Å². The van der Waals surface area contributed by atoms with Gasteiger partial charge in [-0.15, -0.1) is 0 Å². The van der Waals surface area contributed by atoms with E-state index < -0.39 is 6.29 Å². The summed E-state index contributed by atoms with van der Waals surface area (Å²) in [5, 5.41) is 9.41. The van der Waals surface area contributed by atoms with Crippen LogP contribution in [0.2, 0.25) is 0 Å².